The maximum atomic E-state index is 14.2. The van der Waals surface area contributed by atoms with Crippen LogP contribution in [0.4, 0.5) is 15.9 Å². The summed E-state index contributed by atoms with van der Waals surface area (Å²) in [5.41, 5.74) is 1.19. The third kappa shape index (κ3) is 5.11. The average molecular weight is 406 g/mol. The number of aryl methyl sites for hydroxylation is 1. The van der Waals surface area contributed by atoms with Crippen molar-refractivity contribution in [2.24, 2.45) is 20.0 Å². The van der Waals surface area contributed by atoms with Crippen molar-refractivity contribution in [3.8, 4) is 0 Å². The second kappa shape index (κ2) is 9.51. The molecule has 158 valence electrons. The van der Waals surface area contributed by atoms with Gasteiger partial charge in [0.05, 0.1) is 12.3 Å². The number of benzene rings is 1. The number of halogens is 1. The van der Waals surface area contributed by atoms with Crippen molar-refractivity contribution >= 4 is 17.4 Å². The number of hydrogen-bond acceptors (Lipinski definition) is 5. The molecule has 0 radical (unpaired) electrons. The van der Waals surface area contributed by atoms with Gasteiger partial charge in [-0.05, 0) is 43.4 Å². The summed E-state index contributed by atoms with van der Waals surface area (Å²) in [5.74, 6) is -1.08. The van der Waals surface area contributed by atoms with E-state index in [-0.39, 0.29) is 17.1 Å². The van der Waals surface area contributed by atoms with Crippen LogP contribution < -0.4 is 22.0 Å². The lowest BCUT2D eigenvalue weighted by atomic mass is 10.2. The van der Waals surface area contributed by atoms with Crippen LogP contribution in [-0.2, 0) is 18.9 Å². The molecule has 1 aliphatic rings. The standard InChI is InChI=1S/C18H21FN4O4.C2H6/c1-10-4-7-13(12(19)8-10)20-15-14(16(24)21-27-9-11-5-6-11)17(25)23(3)18(26)22(15)2;1-2/h4,7-8,11,20H,5-6,9H2,1-3H3,(H,21,24);1-2H3. The van der Waals surface area contributed by atoms with E-state index in [2.05, 4.69) is 10.8 Å². The van der Waals surface area contributed by atoms with Crippen LogP contribution in [0.3, 0.4) is 0 Å². The third-order valence-electron chi connectivity index (χ3n) is 4.45. The summed E-state index contributed by atoms with van der Waals surface area (Å²) in [6.45, 7) is 6.09. The number of amides is 1. The van der Waals surface area contributed by atoms with Crippen molar-refractivity contribution < 1.29 is 14.0 Å². The van der Waals surface area contributed by atoms with Crippen LogP contribution >= 0.6 is 0 Å². The van der Waals surface area contributed by atoms with Gasteiger partial charge in [-0.3, -0.25) is 23.6 Å². The molecular weight excluding hydrogens is 379 g/mol. The van der Waals surface area contributed by atoms with Crippen LogP contribution in [0.5, 0.6) is 0 Å². The minimum absolute atomic E-state index is 0.0387. The van der Waals surface area contributed by atoms with Crippen molar-refractivity contribution in [2.45, 2.75) is 33.6 Å². The van der Waals surface area contributed by atoms with Gasteiger partial charge < -0.3 is 5.32 Å². The molecule has 0 unspecified atom stereocenters. The Hall–Kier alpha value is -2.94. The zero-order valence-electron chi connectivity index (χ0n) is 17.3. The number of hydroxylamine groups is 1. The number of rotatable bonds is 6. The van der Waals surface area contributed by atoms with E-state index >= 15 is 0 Å². The summed E-state index contributed by atoms with van der Waals surface area (Å²) in [6, 6.07) is 4.45. The fraction of sp³-hybridized carbons (Fsp3) is 0.450. The molecule has 1 fully saturated rings. The maximum Gasteiger partial charge on any atom is 0.332 e. The van der Waals surface area contributed by atoms with E-state index in [0.717, 1.165) is 22.0 Å². The number of anilines is 2. The first-order chi connectivity index (χ1) is 13.8. The first kappa shape index (κ1) is 22.4. The molecule has 0 atom stereocenters. The molecule has 29 heavy (non-hydrogen) atoms. The fourth-order valence-electron chi connectivity index (χ4n) is 2.60. The van der Waals surface area contributed by atoms with E-state index in [1.165, 1.54) is 26.2 Å². The summed E-state index contributed by atoms with van der Waals surface area (Å²) >= 11 is 0. The number of aromatic nitrogens is 2. The molecule has 9 heteroatoms. The Balaban J connectivity index is 0.00000145. The van der Waals surface area contributed by atoms with Gasteiger partial charge in [-0.1, -0.05) is 19.9 Å². The van der Waals surface area contributed by atoms with Gasteiger partial charge in [-0.2, -0.15) is 0 Å². The first-order valence-corrected chi connectivity index (χ1v) is 9.55. The summed E-state index contributed by atoms with van der Waals surface area (Å²) < 4.78 is 16.1. The predicted molar refractivity (Wildman–Crippen MR) is 109 cm³/mol. The fourth-order valence-corrected chi connectivity index (χ4v) is 2.60. The van der Waals surface area contributed by atoms with Gasteiger partial charge in [0, 0.05) is 14.1 Å². The predicted octanol–water partition coefficient (Wildman–Crippen LogP) is 2.37. The zero-order chi connectivity index (χ0) is 21.7. The lowest BCUT2D eigenvalue weighted by Gasteiger charge is -2.17. The molecule has 0 saturated heterocycles. The molecule has 0 bridgehead atoms. The highest BCUT2D eigenvalue weighted by Crippen LogP contribution is 2.28. The average Bonchev–Trinajstić information content (AvgIpc) is 3.52. The molecular formula is C20H27FN4O4. The summed E-state index contributed by atoms with van der Waals surface area (Å²) in [5, 5.41) is 2.70. The minimum Gasteiger partial charge on any atom is -0.338 e. The highest BCUT2D eigenvalue weighted by Gasteiger charge is 2.25. The smallest absolute Gasteiger partial charge is 0.332 e. The number of nitrogens with one attached hydrogen (secondary N) is 2. The van der Waals surface area contributed by atoms with Crippen LogP contribution in [0.15, 0.2) is 27.8 Å². The topological polar surface area (TPSA) is 94.4 Å². The Labute approximate surface area is 168 Å². The van der Waals surface area contributed by atoms with Crippen molar-refractivity contribution in [1.29, 1.82) is 0 Å². The molecule has 2 N–H and O–H groups in total. The molecule has 0 spiro atoms. The Bertz CT molecular complexity index is 1010. The van der Waals surface area contributed by atoms with E-state index in [1.54, 1.807) is 13.0 Å². The van der Waals surface area contributed by atoms with E-state index in [1.807, 2.05) is 13.8 Å². The van der Waals surface area contributed by atoms with Gasteiger partial charge in [0.25, 0.3) is 11.5 Å². The number of hydrogen-bond donors (Lipinski definition) is 2. The number of carbonyl (C=O) groups is 1. The molecule has 3 rings (SSSR count). The third-order valence-corrected chi connectivity index (χ3v) is 4.45. The zero-order valence-corrected chi connectivity index (χ0v) is 17.3. The van der Waals surface area contributed by atoms with E-state index in [0.29, 0.717) is 18.1 Å². The highest BCUT2D eigenvalue weighted by molar-refractivity contribution is 5.98. The molecule has 1 aromatic carbocycles. The Kier molecular flexibility index (Phi) is 7.33. The van der Waals surface area contributed by atoms with E-state index in [9.17, 15) is 18.8 Å². The molecule has 1 saturated carbocycles. The molecule has 2 aromatic rings. The van der Waals surface area contributed by atoms with Crippen LogP contribution in [0.25, 0.3) is 0 Å². The SMILES string of the molecule is CC.Cc1ccc(Nc2c(C(=O)NOCC3CC3)c(=O)n(C)c(=O)n2C)c(F)c1. The maximum absolute atomic E-state index is 14.2. The van der Waals surface area contributed by atoms with Crippen molar-refractivity contribution in [3.63, 3.8) is 0 Å². The monoisotopic (exact) mass is 406 g/mol. The van der Waals surface area contributed by atoms with E-state index < -0.39 is 23.0 Å². The summed E-state index contributed by atoms with van der Waals surface area (Å²) in [7, 11) is 2.65. The Morgan fingerprint density at radius 3 is 2.45 bits per heavy atom. The molecule has 1 aliphatic carbocycles. The van der Waals surface area contributed by atoms with Gasteiger partial charge in [0.15, 0.2) is 0 Å². The summed E-state index contributed by atoms with van der Waals surface area (Å²) in [4.78, 5) is 42.5. The normalized spacial score (nSPS) is 12.8. The van der Waals surface area contributed by atoms with Crippen LogP contribution in [0.1, 0.15) is 42.6 Å². The lowest BCUT2D eigenvalue weighted by Crippen LogP contribution is -2.43. The second-order valence-electron chi connectivity index (χ2n) is 6.72. The second-order valence-corrected chi connectivity index (χ2v) is 6.72. The van der Waals surface area contributed by atoms with Crippen molar-refractivity contribution in [2.75, 3.05) is 11.9 Å². The van der Waals surface area contributed by atoms with Crippen LogP contribution in [0.2, 0.25) is 0 Å². The molecule has 8 nitrogen and oxygen atoms in total. The number of nitrogens with zero attached hydrogens (tertiary/aromatic N) is 2. The molecule has 1 aromatic heterocycles. The van der Waals surface area contributed by atoms with Gasteiger partial charge in [-0.25, -0.2) is 14.7 Å². The van der Waals surface area contributed by atoms with Crippen molar-refractivity contribution in [1.82, 2.24) is 14.6 Å². The van der Waals surface area contributed by atoms with Gasteiger partial charge in [0.2, 0.25) is 0 Å². The first-order valence-electron chi connectivity index (χ1n) is 9.55. The van der Waals surface area contributed by atoms with Crippen LogP contribution in [0, 0.1) is 18.7 Å². The lowest BCUT2D eigenvalue weighted by molar-refractivity contribution is 0.0268. The van der Waals surface area contributed by atoms with Crippen LogP contribution in [-0.4, -0.2) is 21.6 Å². The minimum atomic E-state index is -0.805. The summed E-state index contributed by atoms with van der Waals surface area (Å²) in [6.07, 6.45) is 2.08. The van der Waals surface area contributed by atoms with Gasteiger partial charge in [0.1, 0.15) is 17.2 Å². The Morgan fingerprint density at radius 2 is 1.86 bits per heavy atom. The quantitative estimate of drug-likeness (QED) is 0.719. The number of carbonyl (C=O) groups excluding carboxylic acids is 1. The van der Waals surface area contributed by atoms with Gasteiger partial charge in [-0.15, -0.1) is 0 Å². The molecule has 1 heterocycles. The largest absolute Gasteiger partial charge is 0.338 e. The van der Waals surface area contributed by atoms with E-state index in [4.69, 9.17) is 4.84 Å². The Morgan fingerprint density at radius 1 is 1.21 bits per heavy atom. The molecule has 1 amide bonds. The molecule has 0 aliphatic heterocycles. The van der Waals surface area contributed by atoms with Gasteiger partial charge >= 0.3 is 5.69 Å². The van der Waals surface area contributed by atoms with Crippen molar-refractivity contribution in [3.05, 3.63) is 56.0 Å². The highest BCUT2D eigenvalue weighted by atomic mass is 19.1.